The number of benzene rings is 1. The fraction of sp³-hybridized carbons (Fsp3) is 0.500. The molecule has 0 radical (unpaired) electrons. The van der Waals surface area contributed by atoms with Crippen LogP contribution in [0.5, 0.6) is 5.75 Å². The molecule has 0 aliphatic carbocycles. The number of urea groups is 1. The van der Waals surface area contributed by atoms with Crippen molar-refractivity contribution >= 4 is 11.7 Å². The topological polar surface area (TPSA) is 70.6 Å². The standard InChI is InChI=1S/C14H22N2O3/c1-2-3-10-19-11-6-9-15-14(18)16-12-7-4-5-8-13(12)17/h4-5,7-8,17H,2-3,6,9-11H2,1H3,(H2,15,16,18). The maximum atomic E-state index is 11.5. The molecule has 1 aromatic carbocycles. The summed E-state index contributed by atoms with van der Waals surface area (Å²) in [7, 11) is 0. The van der Waals surface area contributed by atoms with Crippen molar-refractivity contribution in [3.05, 3.63) is 24.3 Å². The third-order valence-corrected chi connectivity index (χ3v) is 2.55. The van der Waals surface area contributed by atoms with Crippen LogP contribution in [0.4, 0.5) is 10.5 Å². The van der Waals surface area contributed by atoms with E-state index in [0.29, 0.717) is 18.8 Å². The van der Waals surface area contributed by atoms with E-state index in [1.807, 2.05) is 0 Å². The Morgan fingerprint density at radius 3 is 2.74 bits per heavy atom. The number of carbonyl (C=O) groups is 1. The molecule has 0 aliphatic rings. The molecular formula is C14H22N2O3. The van der Waals surface area contributed by atoms with Gasteiger partial charge in [0.15, 0.2) is 0 Å². The summed E-state index contributed by atoms with van der Waals surface area (Å²) < 4.78 is 5.38. The fourth-order valence-electron chi connectivity index (χ4n) is 1.47. The van der Waals surface area contributed by atoms with Gasteiger partial charge in [-0.1, -0.05) is 25.5 Å². The number of phenols is 1. The van der Waals surface area contributed by atoms with Gasteiger partial charge in [0.25, 0.3) is 0 Å². The highest BCUT2D eigenvalue weighted by Crippen LogP contribution is 2.20. The zero-order valence-corrected chi connectivity index (χ0v) is 11.3. The molecule has 0 atom stereocenters. The molecule has 2 amide bonds. The Bertz CT molecular complexity index is 383. The van der Waals surface area contributed by atoms with E-state index in [1.165, 1.54) is 6.07 Å². The molecule has 0 fully saturated rings. The molecule has 3 N–H and O–H groups in total. The van der Waals surface area contributed by atoms with Crippen LogP contribution < -0.4 is 10.6 Å². The molecule has 0 aromatic heterocycles. The maximum Gasteiger partial charge on any atom is 0.319 e. The molecule has 0 heterocycles. The molecule has 106 valence electrons. The van der Waals surface area contributed by atoms with Crippen molar-refractivity contribution in [3.63, 3.8) is 0 Å². The van der Waals surface area contributed by atoms with Crippen LogP contribution in [0.1, 0.15) is 26.2 Å². The Kier molecular flexibility index (Phi) is 7.43. The minimum atomic E-state index is -0.324. The van der Waals surface area contributed by atoms with Crippen LogP contribution in [0.15, 0.2) is 24.3 Å². The molecule has 1 aromatic rings. The molecule has 1 rings (SSSR count). The zero-order valence-electron chi connectivity index (χ0n) is 11.3. The second kappa shape index (κ2) is 9.22. The molecule has 0 aliphatic heterocycles. The lowest BCUT2D eigenvalue weighted by molar-refractivity contribution is 0.129. The van der Waals surface area contributed by atoms with E-state index >= 15 is 0 Å². The summed E-state index contributed by atoms with van der Waals surface area (Å²) in [5, 5.41) is 14.8. The summed E-state index contributed by atoms with van der Waals surface area (Å²) >= 11 is 0. The number of aromatic hydroxyl groups is 1. The van der Waals surface area contributed by atoms with Crippen molar-refractivity contribution in [2.24, 2.45) is 0 Å². The number of anilines is 1. The average Bonchev–Trinajstić information content (AvgIpc) is 2.40. The molecule has 0 saturated heterocycles. The Labute approximate surface area is 114 Å². The van der Waals surface area contributed by atoms with Gasteiger partial charge in [0.05, 0.1) is 5.69 Å². The molecule has 0 bridgehead atoms. The van der Waals surface area contributed by atoms with E-state index in [2.05, 4.69) is 17.6 Å². The van der Waals surface area contributed by atoms with E-state index in [1.54, 1.807) is 18.2 Å². The number of hydrogen-bond donors (Lipinski definition) is 3. The third kappa shape index (κ3) is 6.67. The second-order valence-electron chi connectivity index (χ2n) is 4.22. The van der Waals surface area contributed by atoms with Crippen molar-refractivity contribution in [1.82, 2.24) is 5.32 Å². The number of phenolic OH excluding ortho intramolecular Hbond substituents is 1. The van der Waals surface area contributed by atoms with E-state index in [0.717, 1.165) is 25.9 Å². The monoisotopic (exact) mass is 266 g/mol. The van der Waals surface area contributed by atoms with Crippen LogP contribution in [0.25, 0.3) is 0 Å². The van der Waals surface area contributed by atoms with Gasteiger partial charge >= 0.3 is 6.03 Å². The van der Waals surface area contributed by atoms with Gasteiger partial charge in [-0.15, -0.1) is 0 Å². The third-order valence-electron chi connectivity index (χ3n) is 2.55. The lowest BCUT2D eigenvalue weighted by Gasteiger charge is -2.09. The minimum Gasteiger partial charge on any atom is -0.506 e. The van der Waals surface area contributed by atoms with Gasteiger partial charge in [-0.05, 0) is 25.0 Å². The normalized spacial score (nSPS) is 10.2. The Morgan fingerprint density at radius 1 is 1.26 bits per heavy atom. The van der Waals surface area contributed by atoms with Gasteiger partial charge < -0.3 is 20.5 Å². The lowest BCUT2D eigenvalue weighted by Crippen LogP contribution is -2.30. The maximum absolute atomic E-state index is 11.5. The molecule has 5 heteroatoms. The molecule has 0 unspecified atom stereocenters. The number of hydrogen-bond acceptors (Lipinski definition) is 3. The largest absolute Gasteiger partial charge is 0.506 e. The quantitative estimate of drug-likeness (QED) is 0.500. The summed E-state index contributed by atoms with van der Waals surface area (Å²) in [6.07, 6.45) is 2.97. The Balaban J connectivity index is 2.10. The second-order valence-corrected chi connectivity index (χ2v) is 4.22. The van der Waals surface area contributed by atoms with Gasteiger partial charge in [-0.3, -0.25) is 0 Å². The van der Waals surface area contributed by atoms with Crippen molar-refractivity contribution in [1.29, 1.82) is 0 Å². The van der Waals surface area contributed by atoms with Crippen molar-refractivity contribution in [2.75, 3.05) is 25.1 Å². The predicted molar refractivity (Wildman–Crippen MR) is 75.5 cm³/mol. The van der Waals surface area contributed by atoms with Crippen LogP contribution in [-0.2, 0) is 4.74 Å². The molecular weight excluding hydrogens is 244 g/mol. The molecule has 0 spiro atoms. The highest BCUT2D eigenvalue weighted by Gasteiger charge is 2.04. The Morgan fingerprint density at radius 2 is 2.00 bits per heavy atom. The SMILES string of the molecule is CCCCOCCCNC(=O)Nc1ccccc1O. The van der Waals surface area contributed by atoms with Crippen LogP contribution in [0.3, 0.4) is 0 Å². The van der Waals surface area contributed by atoms with E-state index in [-0.39, 0.29) is 11.8 Å². The summed E-state index contributed by atoms with van der Waals surface area (Å²) in [4.78, 5) is 11.5. The number of para-hydroxylation sites is 2. The summed E-state index contributed by atoms with van der Waals surface area (Å²) in [5.74, 6) is 0.0561. The number of carbonyl (C=O) groups excluding carboxylic acids is 1. The zero-order chi connectivity index (χ0) is 13.9. The van der Waals surface area contributed by atoms with E-state index in [4.69, 9.17) is 4.74 Å². The predicted octanol–water partition coefficient (Wildman–Crippen LogP) is 2.72. The number of unbranched alkanes of at least 4 members (excludes halogenated alkanes) is 1. The molecule has 0 saturated carbocycles. The minimum absolute atomic E-state index is 0.0561. The Hall–Kier alpha value is -1.75. The van der Waals surface area contributed by atoms with Gasteiger partial charge in [0.1, 0.15) is 5.75 Å². The van der Waals surface area contributed by atoms with Crippen LogP contribution in [-0.4, -0.2) is 30.9 Å². The van der Waals surface area contributed by atoms with Crippen LogP contribution in [0.2, 0.25) is 0 Å². The van der Waals surface area contributed by atoms with Crippen molar-refractivity contribution in [2.45, 2.75) is 26.2 Å². The van der Waals surface area contributed by atoms with Crippen LogP contribution in [0, 0.1) is 0 Å². The van der Waals surface area contributed by atoms with E-state index < -0.39 is 0 Å². The smallest absolute Gasteiger partial charge is 0.319 e. The first kappa shape index (κ1) is 15.3. The highest BCUT2D eigenvalue weighted by molar-refractivity contribution is 5.90. The van der Waals surface area contributed by atoms with Gasteiger partial charge in [-0.25, -0.2) is 4.79 Å². The first-order valence-corrected chi connectivity index (χ1v) is 6.64. The van der Waals surface area contributed by atoms with Crippen molar-refractivity contribution in [3.8, 4) is 5.75 Å². The summed E-state index contributed by atoms with van der Waals surface area (Å²) in [5.41, 5.74) is 0.402. The average molecular weight is 266 g/mol. The van der Waals surface area contributed by atoms with Gasteiger partial charge in [-0.2, -0.15) is 0 Å². The van der Waals surface area contributed by atoms with E-state index in [9.17, 15) is 9.90 Å². The van der Waals surface area contributed by atoms with Gasteiger partial charge in [0.2, 0.25) is 0 Å². The summed E-state index contributed by atoms with van der Waals surface area (Å²) in [6, 6.07) is 6.29. The lowest BCUT2D eigenvalue weighted by atomic mass is 10.3. The first-order valence-electron chi connectivity index (χ1n) is 6.64. The highest BCUT2D eigenvalue weighted by atomic mass is 16.5. The molecule has 19 heavy (non-hydrogen) atoms. The first-order chi connectivity index (χ1) is 9.24. The molecule has 5 nitrogen and oxygen atoms in total. The number of nitrogens with one attached hydrogen (secondary N) is 2. The number of amides is 2. The van der Waals surface area contributed by atoms with Gasteiger partial charge in [0, 0.05) is 19.8 Å². The van der Waals surface area contributed by atoms with Crippen LogP contribution >= 0.6 is 0 Å². The number of rotatable bonds is 8. The number of ether oxygens (including phenoxy) is 1. The fourth-order valence-corrected chi connectivity index (χ4v) is 1.47. The summed E-state index contributed by atoms with van der Waals surface area (Å²) in [6.45, 7) is 4.09. The van der Waals surface area contributed by atoms with Crippen molar-refractivity contribution < 1.29 is 14.6 Å².